The van der Waals surface area contributed by atoms with Crippen LogP contribution in [0.25, 0.3) is 0 Å². The van der Waals surface area contributed by atoms with Gasteiger partial charge < -0.3 is 4.74 Å². The van der Waals surface area contributed by atoms with Gasteiger partial charge in [0.1, 0.15) is 5.82 Å². The summed E-state index contributed by atoms with van der Waals surface area (Å²) in [6.07, 6.45) is 6.11. The third-order valence-corrected chi connectivity index (χ3v) is 4.21. The lowest BCUT2D eigenvalue weighted by Gasteiger charge is -2.27. The van der Waals surface area contributed by atoms with Crippen LogP contribution in [-0.2, 0) is 11.2 Å². The number of halogens is 1. The summed E-state index contributed by atoms with van der Waals surface area (Å²) >= 11 is 0. The van der Waals surface area contributed by atoms with E-state index in [-0.39, 0.29) is 11.9 Å². The van der Waals surface area contributed by atoms with Gasteiger partial charge in [-0.1, -0.05) is 18.2 Å². The highest BCUT2D eigenvalue weighted by molar-refractivity contribution is 5.32. The lowest BCUT2D eigenvalue weighted by molar-refractivity contribution is -0.00788. The van der Waals surface area contributed by atoms with Crippen LogP contribution in [0.5, 0.6) is 0 Å². The number of rotatable bonds is 4. The topological polar surface area (TPSA) is 9.23 Å². The molecule has 1 nitrogen and oxygen atoms in total. The molecule has 2 rings (SSSR count). The Bertz CT molecular complexity index is 445. The summed E-state index contributed by atoms with van der Waals surface area (Å²) in [5, 5.41) is 0. The van der Waals surface area contributed by atoms with Crippen molar-refractivity contribution in [1.82, 2.24) is 0 Å². The summed E-state index contributed by atoms with van der Waals surface area (Å²) in [5.41, 5.74) is 2.61. The maximum Gasteiger partial charge on any atom is 0.129 e. The maximum absolute atomic E-state index is 14.1. The van der Waals surface area contributed by atoms with E-state index in [1.54, 1.807) is 0 Å². The molecule has 2 heteroatoms. The zero-order valence-corrected chi connectivity index (χ0v) is 11.9. The van der Waals surface area contributed by atoms with Crippen LogP contribution < -0.4 is 0 Å². The molecule has 1 aliphatic heterocycles. The fourth-order valence-electron chi connectivity index (χ4n) is 2.59. The van der Waals surface area contributed by atoms with Gasteiger partial charge in [-0.15, -0.1) is 6.58 Å². The van der Waals surface area contributed by atoms with E-state index in [2.05, 4.69) is 6.58 Å². The molecule has 0 N–H and O–H groups in total. The molecule has 0 spiro atoms. The van der Waals surface area contributed by atoms with Crippen molar-refractivity contribution in [1.29, 1.82) is 0 Å². The zero-order valence-electron chi connectivity index (χ0n) is 11.9. The highest BCUT2D eigenvalue weighted by Crippen LogP contribution is 2.24. The summed E-state index contributed by atoms with van der Waals surface area (Å²) in [5.74, 6) is 0.453. The van der Waals surface area contributed by atoms with E-state index in [4.69, 9.17) is 4.74 Å². The van der Waals surface area contributed by atoms with Crippen molar-refractivity contribution < 1.29 is 9.13 Å². The lowest BCUT2D eigenvalue weighted by atomic mass is 9.94. The average molecular weight is 262 g/mol. The van der Waals surface area contributed by atoms with E-state index in [9.17, 15) is 4.39 Å². The van der Waals surface area contributed by atoms with Crippen LogP contribution in [0.4, 0.5) is 4.39 Å². The monoisotopic (exact) mass is 262 g/mol. The van der Waals surface area contributed by atoms with Crippen LogP contribution in [0.1, 0.15) is 36.0 Å². The van der Waals surface area contributed by atoms with Crippen molar-refractivity contribution in [3.05, 3.63) is 47.3 Å². The van der Waals surface area contributed by atoms with Crippen molar-refractivity contribution in [3.63, 3.8) is 0 Å². The van der Waals surface area contributed by atoms with Crippen LogP contribution >= 0.6 is 0 Å². The first-order valence-corrected chi connectivity index (χ1v) is 7.10. The van der Waals surface area contributed by atoms with Crippen LogP contribution in [0.15, 0.2) is 24.8 Å². The Labute approximate surface area is 115 Å². The van der Waals surface area contributed by atoms with Crippen molar-refractivity contribution >= 4 is 0 Å². The molecule has 1 heterocycles. The summed E-state index contributed by atoms with van der Waals surface area (Å²) in [7, 11) is 0. The molecule has 0 aromatic heterocycles. The first-order valence-electron chi connectivity index (χ1n) is 7.10. The first-order chi connectivity index (χ1) is 9.11. The van der Waals surface area contributed by atoms with Crippen LogP contribution in [0.2, 0.25) is 0 Å². The molecule has 19 heavy (non-hydrogen) atoms. The second-order valence-corrected chi connectivity index (χ2v) is 5.55. The maximum atomic E-state index is 14.1. The molecule has 0 saturated carbocycles. The normalized spacial score (nSPS) is 23.3. The van der Waals surface area contributed by atoms with E-state index in [0.717, 1.165) is 49.0 Å². The van der Waals surface area contributed by atoms with Crippen LogP contribution in [0.3, 0.4) is 0 Å². The number of aryl methyl sites for hydroxylation is 2. The molecule has 0 radical (unpaired) electrons. The minimum Gasteiger partial charge on any atom is -0.378 e. The third kappa shape index (κ3) is 3.44. The Hall–Kier alpha value is -1.15. The van der Waals surface area contributed by atoms with E-state index in [1.807, 2.05) is 32.1 Å². The van der Waals surface area contributed by atoms with E-state index < -0.39 is 0 Å². The molecular weight excluding hydrogens is 239 g/mol. The number of ether oxygens (including phenoxy) is 1. The molecule has 2 unspecified atom stereocenters. The number of hydrogen-bond acceptors (Lipinski definition) is 1. The van der Waals surface area contributed by atoms with Crippen molar-refractivity contribution in [2.75, 3.05) is 6.61 Å². The zero-order chi connectivity index (χ0) is 13.8. The summed E-state index contributed by atoms with van der Waals surface area (Å²) < 4.78 is 19.9. The van der Waals surface area contributed by atoms with Crippen LogP contribution in [-0.4, -0.2) is 12.7 Å². The molecule has 1 aliphatic rings. The van der Waals surface area contributed by atoms with Gasteiger partial charge in [-0.25, -0.2) is 4.39 Å². The fraction of sp³-hybridized carbons (Fsp3) is 0.529. The minimum atomic E-state index is -0.0419. The van der Waals surface area contributed by atoms with Crippen molar-refractivity contribution in [3.8, 4) is 0 Å². The van der Waals surface area contributed by atoms with Gasteiger partial charge >= 0.3 is 0 Å². The van der Waals surface area contributed by atoms with E-state index in [0.29, 0.717) is 5.92 Å². The molecule has 1 saturated heterocycles. The SMILES string of the molecule is C=CC1CCC(CCc2ccc(C)c(C)c2F)OC1. The predicted octanol–water partition coefficient (Wildman–Crippen LogP) is 4.36. The standard InChI is InChI=1S/C17H23FO/c1-4-14-6-9-16(19-11-14)10-8-15-7-5-12(2)13(3)17(15)18/h4-5,7,14,16H,1,6,8-11H2,2-3H3. The third-order valence-electron chi connectivity index (χ3n) is 4.21. The molecule has 0 bridgehead atoms. The molecule has 1 fully saturated rings. The van der Waals surface area contributed by atoms with Crippen molar-refractivity contribution in [2.24, 2.45) is 5.92 Å². The molecule has 104 valence electrons. The van der Waals surface area contributed by atoms with Gasteiger partial charge in [0.25, 0.3) is 0 Å². The van der Waals surface area contributed by atoms with E-state index in [1.165, 1.54) is 0 Å². The number of benzene rings is 1. The van der Waals surface area contributed by atoms with Gasteiger partial charge in [-0.05, 0) is 56.2 Å². The Morgan fingerprint density at radius 3 is 2.79 bits per heavy atom. The second kappa shape index (κ2) is 6.33. The van der Waals surface area contributed by atoms with Gasteiger partial charge in [0.15, 0.2) is 0 Å². The summed E-state index contributed by atoms with van der Waals surface area (Å²) in [4.78, 5) is 0. The molecular formula is C17H23FO. The first kappa shape index (κ1) is 14.3. The minimum absolute atomic E-state index is 0.0419. The van der Waals surface area contributed by atoms with Gasteiger partial charge in [0.05, 0.1) is 12.7 Å². The smallest absolute Gasteiger partial charge is 0.129 e. The average Bonchev–Trinajstić information content (AvgIpc) is 2.45. The second-order valence-electron chi connectivity index (χ2n) is 5.55. The Kier molecular flexibility index (Phi) is 4.76. The summed E-state index contributed by atoms with van der Waals surface area (Å²) in [6.45, 7) is 8.36. The Balaban J connectivity index is 1.89. The Morgan fingerprint density at radius 2 is 2.16 bits per heavy atom. The quantitative estimate of drug-likeness (QED) is 0.733. The summed E-state index contributed by atoms with van der Waals surface area (Å²) in [6, 6.07) is 3.91. The molecule has 0 amide bonds. The molecule has 2 atom stereocenters. The molecule has 1 aromatic rings. The van der Waals surface area contributed by atoms with Crippen molar-refractivity contribution in [2.45, 2.75) is 45.6 Å². The predicted molar refractivity (Wildman–Crippen MR) is 76.9 cm³/mol. The molecule has 0 aliphatic carbocycles. The molecule has 1 aromatic carbocycles. The van der Waals surface area contributed by atoms with Crippen LogP contribution in [0, 0.1) is 25.6 Å². The van der Waals surface area contributed by atoms with Gasteiger partial charge in [-0.2, -0.15) is 0 Å². The highest BCUT2D eigenvalue weighted by atomic mass is 19.1. The van der Waals surface area contributed by atoms with Gasteiger partial charge in [0, 0.05) is 5.92 Å². The highest BCUT2D eigenvalue weighted by Gasteiger charge is 2.20. The fourth-order valence-corrected chi connectivity index (χ4v) is 2.59. The van der Waals surface area contributed by atoms with Gasteiger partial charge in [-0.3, -0.25) is 0 Å². The van der Waals surface area contributed by atoms with E-state index >= 15 is 0 Å². The van der Waals surface area contributed by atoms with Gasteiger partial charge in [0.2, 0.25) is 0 Å². The lowest BCUT2D eigenvalue weighted by Crippen LogP contribution is -2.25. The Morgan fingerprint density at radius 1 is 1.37 bits per heavy atom. The largest absolute Gasteiger partial charge is 0.378 e. The number of hydrogen-bond donors (Lipinski definition) is 0.